The van der Waals surface area contributed by atoms with Gasteiger partial charge in [0.1, 0.15) is 5.82 Å². The van der Waals surface area contributed by atoms with E-state index in [4.69, 9.17) is 2.74 Å². The summed E-state index contributed by atoms with van der Waals surface area (Å²) in [6.07, 6.45) is -0.512. The number of rotatable bonds is 6. The lowest BCUT2D eigenvalue weighted by atomic mass is 10.0. The maximum atomic E-state index is 13.2. The Labute approximate surface area is 186 Å². The van der Waals surface area contributed by atoms with E-state index in [2.05, 4.69) is 15.0 Å². The molecule has 3 heterocycles. The lowest BCUT2D eigenvalue weighted by molar-refractivity contribution is -0.120. The van der Waals surface area contributed by atoms with E-state index >= 15 is 0 Å². The molecule has 0 bridgehead atoms. The number of fused-ring (bicyclic) bond motifs is 1. The monoisotopic (exact) mass is 432 g/mol. The number of aromatic amines is 1. The Morgan fingerprint density at radius 1 is 1.13 bits per heavy atom. The molecule has 0 amide bonds. The summed E-state index contributed by atoms with van der Waals surface area (Å²) >= 11 is 1.29. The van der Waals surface area contributed by atoms with Crippen molar-refractivity contribution in [1.82, 2.24) is 15.0 Å². The lowest BCUT2D eigenvalue weighted by Crippen LogP contribution is -2.36. The lowest BCUT2D eigenvalue weighted by Gasteiger charge is -2.22. The van der Waals surface area contributed by atoms with Crippen molar-refractivity contribution >= 4 is 32.6 Å². The summed E-state index contributed by atoms with van der Waals surface area (Å²) in [5, 5.41) is 0.573. The summed E-state index contributed by atoms with van der Waals surface area (Å²) < 4.78 is 16.8. The number of carbonyl (C=O) groups excluding carboxylic acids is 1. The molecule has 7 heteroatoms. The van der Waals surface area contributed by atoms with Crippen LogP contribution < -0.4 is 10.5 Å². The molecule has 1 saturated heterocycles. The second kappa shape index (κ2) is 8.43. The zero-order valence-electron chi connectivity index (χ0n) is 18.7. The number of nitrogens with one attached hydrogen (secondary N) is 1. The third-order valence-corrected chi connectivity index (χ3v) is 6.40. The summed E-state index contributed by atoms with van der Waals surface area (Å²) in [6.45, 7) is 0.633. The standard InChI is InChI=1S/C24H22N4O2S/c29-19(14-13-16-8-3-1-4-9-16)18-12-7-15-28(18)24-25-20-22(30)26-21(27-23(20)31-24)17-10-5-2-6-11-17/h1-6,8-11,18H,7,12-15H2,(H,26,27,30)/t18-/m1/s1/i13D2. The van der Waals surface area contributed by atoms with Gasteiger partial charge in [0.2, 0.25) is 0 Å². The number of aromatic nitrogens is 3. The number of anilines is 1. The number of hydrogen-bond acceptors (Lipinski definition) is 6. The predicted molar refractivity (Wildman–Crippen MR) is 124 cm³/mol. The second-order valence-corrected chi connectivity index (χ2v) is 8.42. The molecule has 156 valence electrons. The molecule has 1 fully saturated rings. The number of carbonyl (C=O) groups is 1. The van der Waals surface area contributed by atoms with Crippen LogP contribution in [0.1, 0.15) is 27.6 Å². The molecule has 6 nitrogen and oxygen atoms in total. The SMILES string of the molecule is [2H]C([2H])(CC(=O)[C@H]1CCCN1c1nc2c(=O)[nH]c(-c3ccccc3)nc2s1)c1ccccc1. The highest BCUT2D eigenvalue weighted by Gasteiger charge is 2.32. The Balaban J connectivity index is 1.42. The molecule has 1 N–H and O–H groups in total. The van der Waals surface area contributed by atoms with E-state index in [1.54, 1.807) is 24.3 Å². The van der Waals surface area contributed by atoms with Crippen LogP contribution in [-0.4, -0.2) is 33.3 Å². The molecule has 5 rings (SSSR count). The maximum absolute atomic E-state index is 13.2. The number of thiazole rings is 1. The summed E-state index contributed by atoms with van der Waals surface area (Å²) in [6, 6.07) is 17.7. The number of Topliss-reactive ketones (excluding diaryl/α,β-unsaturated/α-hetero) is 1. The number of H-pyrrole nitrogens is 1. The van der Waals surface area contributed by atoms with Crippen LogP contribution in [0.5, 0.6) is 0 Å². The maximum Gasteiger partial charge on any atom is 0.278 e. The first-order chi connectivity index (χ1) is 15.9. The largest absolute Gasteiger partial charge is 0.338 e. The Hall–Kier alpha value is -3.32. The van der Waals surface area contributed by atoms with Crippen molar-refractivity contribution in [2.75, 3.05) is 11.4 Å². The Morgan fingerprint density at radius 3 is 2.65 bits per heavy atom. The third kappa shape index (κ3) is 4.01. The van der Waals surface area contributed by atoms with Gasteiger partial charge in [-0.15, -0.1) is 0 Å². The molecule has 0 spiro atoms. The zero-order valence-corrected chi connectivity index (χ0v) is 17.6. The van der Waals surface area contributed by atoms with E-state index in [1.165, 1.54) is 11.3 Å². The molecule has 31 heavy (non-hydrogen) atoms. The first-order valence-corrected chi connectivity index (χ1v) is 11.1. The van der Waals surface area contributed by atoms with E-state index in [9.17, 15) is 9.59 Å². The van der Waals surface area contributed by atoms with Gasteiger partial charge in [0, 0.05) is 21.3 Å². The fourth-order valence-corrected chi connectivity index (χ4v) is 4.89. The smallest absolute Gasteiger partial charge is 0.278 e. The third-order valence-electron chi connectivity index (χ3n) is 5.42. The number of nitrogens with zero attached hydrogens (tertiary/aromatic N) is 3. The normalized spacial score (nSPS) is 17.5. The molecule has 2 aromatic heterocycles. The molecule has 2 aromatic carbocycles. The predicted octanol–water partition coefficient (Wildman–Crippen LogP) is 4.22. The van der Waals surface area contributed by atoms with Crippen LogP contribution in [0.15, 0.2) is 65.5 Å². The van der Waals surface area contributed by atoms with Crippen molar-refractivity contribution < 1.29 is 7.54 Å². The quantitative estimate of drug-likeness (QED) is 0.494. The molecule has 0 radical (unpaired) electrons. The van der Waals surface area contributed by atoms with E-state index in [1.807, 2.05) is 41.3 Å². The van der Waals surface area contributed by atoms with Gasteiger partial charge in [-0.2, -0.15) is 0 Å². The molecular weight excluding hydrogens is 408 g/mol. The van der Waals surface area contributed by atoms with Gasteiger partial charge < -0.3 is 9.88 Å². The van der Waals surface area contributed by atoms with Crippen molar-refractivity contribution in [3.63, 3.8) is 0 Å². The molecule has 1 aliphatic heterocycles. The summed E-state index contributed by atoms with van der Waals surface area (Å²) in [5.41, 5.74) is 1.24. The first-order valence-electron chi connectivity index (χ1n) is 11.2. The minimum Gasteiger partial charge on any atom is -0.338 e. The van der Waals surface area contributed by atoms with Crippen LogP contribution >= 0.6 is 11.3 Å². The van der Waals surface area contributed by atoms with Gasteiger partial charge in [-0.3, -0.25) is 9.59 Å². The van der Waals surface area contributed by atoms with Gasteiger partial charge in [0.15, 0.2) is 21.3 Å². The van der Waals surface area contributed by atoms with Crippen molar-refractivity contribution in [1.29, 1.82) is 0 Å². The summed E-state index contributed by atoms with van der Waals surface area (Å²) in [7, 11) is 0. The second-order valence-electron chi connectivity index (χ2n) is 7.47. The topological polar surface area (TPSA) is 79.0 Å². The van der Waals surface area contributed by atoms with Gasteiger partial charge >= 0.3 is 0 Å². The van der Waals surface area contributed by atoms with Crippen molar-refractivity contribution in [3.8, 4) is 11.4 Å². The fraction of sp³-hybridized carbons (Fsp3) is 0.250. The number of hydrogen-bond donors (Lipinski definition) is 1. The van der Waals surface area contributed by atoms with Gasteiger partial charge in [-0.1, -0.05) is 72.0 Å². The Kier molecular flexibility index (Phi) is 4.72. The number of aryl methyl sites for hydroxylation is 1. The Morgan fingerprint density at radius 2 is 1.87 bits per heavy atom. The van der Waals surface area contributed by atoms with Crippen molar-refractivity contribution in [2.45, 2.75) is 31.7 Å². The average Bonchev–Trinajstić information content (AvgIpc) is 3.47. The van der Waals surface area contributed by atoms with Gasteiger partial charge in [0.05, 0.1) is 6.04 Å². The van der Waals surface area contributed by atoms with Crippen LogP contribution in [0.25, 0.3) is 21.7 Å². The van der Waals surface area contributed by atoms with Crippen LogP contribution in [0.4, 0.5) is 5.13 Å². The summed E-state index contributed by atoms with van der Waals surface area (Å²) in [5.74, 6) is 0.320. The molecular formula is C24H22N4O2S. The van der Waals surface area contributed by atoms with Crippen LogP contribution in [0.3, 0.4) is 0 Å². The fourth-order valence-electron chi connectivity index (χ4n) is 3.87. The van der Waals surface area contributed by atoms with E-state index in [0.29, 0.717) is 34.3 Å². The van der Waals surface area contributed by atoms with E-state index in [-0.39, 0.29) is 23.3 Å². The minimum absolute atomic E-state index is 0.160. The highest BCUT2D eigenvalue weighted by atomic mass is 32.1. The van der Waals surface area contributed by atoms with Gasteiger partial charge in [-0.25, -0.2) is 9.97 Å². The Bertz CT molecular complexity index is 1360. The molecule has 1 atom stereocenters. The van der Waals surface area contributed by atoms with Crippen LogP contribution in [0.2, 0.25) is 0 Å². The van der Waals surface area contributed by atoms with Crippen LogP contribution in [0, 0.1) is 0 Å². The molecule has 0 saturated carbocycles. The molecule has 1 aliphatic rings. The van der Waals surface area contributed by atoms with Crippen molar-refractivity contribution in [2.24, 2.45) is 0 Å². The molecule has 0 aliphatic carbocycles. The number of benzene rings is 2. The van der Waals surface area contributed by atoms with Crippen LogP contribution in [-0.2, 0) is 11.2 Å². The van der Waals surface area contributed by atoms with E-state index < -0.39 is 12.4 Å². The first kappa shape index (κ1) is 17.4. The van der Waals surface area contributed by atoms with Gasteiger partial charge in [0.25, 0.3) is 5.56 Å². The minimum atomic E-state index is -1.75. The average molecular weight is 433 g/mol. The zero-order chi connectivity index (χ0) is 23.0. The number of ketones is 1. The van der Waals surface area contributed by atoms with E-state index in [0.717, 1.165) is 12.0 Å². The molecule has 0 unspecified atom stereocenters. The summed E-state index contributed by atoms with van der Waals surface area (Å²) in [4.78, 5) is 40.1. The van der Waals surface area contributed by atoms with Crippen molar-refractivity contribution in [3.05, 3.63) is 76.6 Å². The highest BCUT2D eigenvalue weighted by molar-refractivity contribution is 7.21. The highest BCUT2D eigenvalue weighted by Crippen LogP contribution is 2.33. The molecule has 4 aromatic rings. The van der Waals surface area contributed by atoms with Gasteiger partial charge in [-0.05, 0) is 24.8 Å².